The standard InChI is InChI=1S/C20H21Cl2N5O2/c21-14-4-15(22)6-16(5-14)25-18-17(27(28)29)19(24-10-23-18)26-20-7-11-1-12(8-20)3-13(2-11)9-20/h4-6,10-13H,1-3,7-9H2,(H2,23,24,25,26). The summed E-state index contributed by atoms with van der Waals surface area (Å²) in [5.41, 5.74) is 0.286. The number of benzene rings is 1. The minimum atomic E-state index is -0.433. The lowest BCUT2D eigenvalue weighted by atomic mass is 9.53. The maximum atomic E-state index is 11.9. The molecule has 1 aromatic carbocycles. The van der Waals surface area contributed by atoms with Crippen LogP contribution in [0.2, 0.25) is 10.0 Å². The van der Waals surface area contributed by atoms with Crippen LogP contribution in [0.4, 0.5) is 23.0 Å². The smallest absolute Gasteiger partial charge is 0.353 e. The summed E-state index contributed by atoms with van der Waals surface area (Å²) >= 11 is 12.1. The van der Waals surface area contributed by atoms with Crippen molar-refractivity contribution in [2.75, 3.05) is 10.6 Å². The Morgan fingerprint density at radius 2 is 1.52 bits per heavy atom. The van der Waals surface area contributed by atoms with Crippen LogP contribution >= 0.6 is 23.2 Å². The van der Waals surface area contributed by atoms with Crippen LogP contribution in [0.15, 0.2) is 24.5 Å². The molecule has 2 N–H and O–H groups in total. The highest BCUT2D eigenvalue weighted by atomic mass is 35.5. The van der Waals surface area contributed by atoms with Crippen LogP contribution in [-0.4, -0.2) is 20.4 Å². The topological polar surface area (TPSA) is 93.0 Å². The summed E-state index contributed by atoms with van der Waals surface area (Å²) in [4.78, 5) is 19.9. The monoisotopic (exact) mass is 433 g/mol. The first-order chi connectivity index (χ1) is 13.9. The number of nitrogens with one attached hydrogen (secondary N) is 2. The summed E-state index contributed by atoms with van der Waals surface area (Å²) in [7, 11) is 0. The summed E-state index contributed by atoms with van der Waals surface area (Å²) in [5, 5.41) is 19.3. The zero-order chi connectivity index (χ0) is 20.2. The predicted molar refractivity (Wildman–Crippen MR) is 113 cm³/mol. The van der Waals surface area contributed by atoms with Crippen molar-refractivity contribution >= 4 is 46.2 Å². The van der Waals surface area contributed by atoms with E-state index in [1.54, 1.807) is 18.2 Å². The molecule has 4 aliphatic carbocycles. The van der Waals surface area contributed by atoms with Gasteiger partial charge in [-0.15, -0.1) is 0 Å². The lowest BCUT2D eigenvalue weighted by Crippen LogP contribution is -2.55. The van der Waals surface area contributed by atoms with Crippen molar-refractivity contribution in [2.24, 2.45) is 17.8 Å². The Morgan fingerprint density at radius 3 is 2.07 bits per heavy atom. The third-order valence-electron chi connectivity index (χ3n) is 6.55. The van der Waals surface area contributed by atoms with E-state index >= 15 is 0 Å². The molecule has 152 valence electrons. The van der Waals surface area contributed by atoms with Crippen LogP contribution in [0.1, 0.15) is 38.5 Å². The summed E-state index contributed by atoms with van der Waals surface area (Å²) in [6.45, 7) is 0. The fourth-order valence-electron chi connectivity index (χ4n) is 6.01. The molecule has 6 rings (SSSR count). The molecule has 1 heterocycles. The molecule has 0 amide bonds. The van der Waals surface area contributed by atoms with Gasteiger partial charge in [0.2, 0.25) is 11.6 Å². The number of aromatic nitrogens is 2. The molecule has 0 saturated heterocycles. The van der Waals surface area contributed by atoms with Crippen LogP contribution < -0.4 is 10.6 Å². The molecule has 0 spiro atoms. The third kappa shape index (κ3) is 3.62. The molecule has 29 heavy (non-hydrogen) atoms. The molecule has 4 saturated carbocycles. The molecule has 4 bridgehead atoms. The number of hydrogen-bond acceptors (Lipinski definition) is 6. The van der Waals surface area contributed by atoms with Gasteiger partial charge in [-0.2, -0.15) is 0 Å². The lowest BCUT2D eigenvalue weighted by molar-refractivity contribution is -0.383. The van der Waals surface area contributed by atoms with Crippen LogP contribution in [-0.2, 0) is 0 Å². The minimum absolute atomic E-state index is 0.0928. The highest BCUT2D eigenvalue weighted by Gasteiger charge is 2.51. The second kappa shape index (κ2) is 6.99. The summed E-state index contributed by atoms with van der Waals surface area (Å²) in [6.07, 6.45) is 8.44. The van der Waals surface area contributed by atoms with E-state index in [1.165, 1.54) is 25.6 Å². The second-order valence-electron chi connectivity index (χ2n) is 8.78. The van der Waals surface area contributed by atoms with Gasteiger partial charge in [0.25, 0.3) is 0 Å². The average Bonchev–Trinajstić information content (AvgIpc) is 2.59. The Bertz CT molecular complexity index is 928. The number of halogens is 2. The molecule has 4 aliphatic rings. The van der Waals surface area contributed by atoms with Crippen molar-refractivity contribution in [3.8, 4) is 0 Å². The normalized spacial score (nSPS) is 29.7. The fourth-order valence-corrected chi connectivity index (χ4v) is 6.54. The maximum Gasteiger partial charge on any atom is 0.353 e. The predicted octanol–water partition coefficient (Wildman–Crippen LogP) is 5.82. The summed E-state index contributed by atoms with van der Waals surface area (Å²) in [5.74, 6) is 2.57. The van der Waals surface area contributed by atoms with E-state index in [0.29, 0.717) is 15.7 Å². The molecule has 1 aromatic heterocycles. The first kappa shape index (κ1) is 18.9. The lowest BCUT2D eigenvalue weighted by Gasteiger charge is -2.57. The van der Waals surface area contributed by atoms with E-state index in [9.17, 15) is 10.1 Å². The van der Waals surface area contributed by atoms with Crippen LogP contribution in [0.25, 0.3) is 0 Å². The average molecular weight is 434 g/mol. The maximum absolute atomic E-state index is 11.9. The Hall–Kier alpha value is -2.12. The van der Waals surface area contributed by atoms with Crippen molar-refractivity contribution in [3.05, 3.63) is 44.7 Å². The van der Waals surface area contributed by atoms with Crippen molar-refractivity contribution < 1.29 is 4.92 Å². The minimum Gasteiger partial charge on any atom is -0.359 e. The van der Waals surface area contributed by atoms with Crippen molar-refractivity contribution in [3.63, 3.8) is 0 Å². The first-order valence-corrected chi connectivity index (χ1v) is 10.7. The van der Waals surface area contributed by atoms with Gasteiger partial charge in [-0.25, -0.2) is 9.97 Å². The highest BCUT2D eigenvalue weighted by molar-refractivity contribution is 6.35. The van der Waals surface area contributed by atoms with E-state index in [2.05, 4.69) is 20.6 Å². The Kier molecular flexibility index (Phi) is 4.55. The first-order valence-electron chi connectivity index (χ1n) is 9.90. The Labute approximate surface area is 178 Å². The molecule has 7 nitrogen and oxygen atoms in total. The third-order valence-corrected chi connectivity index (χ3v) is 6.99. The molecule has 4 fully saturated rings. The Balaban J connectivity index is 1.48. The van der Waals surface area contributed by atoms with E-state index in [4.69, 9.17) is 23.2 Å². The van der Waals surface area contributed by atoms with Gasteiger partial charge in [0.05, 0.1) is 4.92 Å². The molecular formula is C20H21Cl2N5O2. The Morgan fingerprint density at radius 1 is 0.966 bits per heavy atom. The van der Waals surface area contributed by atoms with E-state index in [1.807, 2.05) is 0 Å². The second-order valence-corrected chi connectivity index (χ2v) is 9.66. The van der Waals surface area contributed by atoms with E-state index in [0.717, 1.165) is 37.0 Å². The van der Waals surface area contributed by atoms with Crippen LogP contribution in [0.5, 0.6) is 0 Å². The van der Waals surface area contributed by atoms with Gasteiger partial charge in [-0.3, -0.25) is 10.1 Å². The zero-order valence-electron chi connectivity index (χ0n) is 15.7. The summed E-state index contributed by atoms with van der Waals surface area (Å²) in [6, 6.07) is 4.89. The molecule has 0 radical (unpaired) electrons. The summed E-state index contributed by atoms with van der Waals surface area (Å²) < 4.78 is 0. The molecule has 2 aromatic rings. The van der Waals surface area contributed by atoms with E-state index in [-0.39, 0.29) is 22.9 Å². The van der Waals surface area contributed by atoms with E-state index < -0.39 is 4.92 Å². The van der Waals surface area contributed by atoms with Crippen molar-refractivity contribution in [1.82, 2.24) is 9.97 Å². The quantitative estimate of drug-likeness (QED) is 0.455. The van der Waals surface area contributed by atoms with Crippen LogP contribution in [0.3, 0.4) is 0 Å². The van der Waals surface area contributed by atoms with Gasteiger partial charge in [0.1, 0.15) is 6.33 Å². The number of nitro groups is 1. The zero-order valence-corrected chi connectivity index (χ0v) is 17.2. The van der Waals surface area contributed by atoms with Gasteiger partial charge < -0.3 is 10.6 Å². The highest BCUT2D eigenvalue weighted by Crippen LogP contribution is 2.57. The molecule has 9 heteroatoms. The van der Waals surface area contributed by atoms with Crippen molar-refractivity contribution in [1.29, 1.82) is 0 Å². The number of hydrogen-bond donors (Lipinski definition) is 2. The number of nitrogens with zero attached hydrogens (tertiary/aromatic N) is 3. The fraction of sp³-hybridized carbons (Fsp3) is 0.500. The van der Waals surface area contributed by atoms with Gasteiger partial charge in [0.15, 0.2) is 0 Å². The SMILES string of the molecule is O=[N+]([O-])c1c(Nc2cc(Cl)cc(Cl)c2)ncnc1NC12CC3CC(CC(C3)C1)C2. The van der Waals surface area contributed by atoms with Gasteiger partial charge in [0, 0.05) is 21.3 Å². The van der Waals surface area contributed by atoms with Crippen molar-refractivity contribution in [2.45, 2.75) is 44.1 Å². The number of anilines is 3. The van der Waals surface area contributed by atoms with Gasteiger partial charge in [-0.1, -0.05) is 23.2 Å². The molecule has 0 unspecified atom stereocenters. The molecule has 0 aliphatic heterocycles. The largest absolute Gasteiger partial charge is 0.359 e. The van der Waals surface area contributed by atoms with Gasteiger partial charge >= 0.3 is 5.69 Å². The van der Waals surface area contributed by atoms with Crippen LogP contribution in [0, 0.1) is 27.9 Å². The number of rotatable bonds is 5. The van der Waals surface area contributed by atoms with Gasteiger partial charge in [-0.05, 0) is 74.5 Å². The molecule has 0 atom stereocenters. The molecular weight excluding hydrogens is 413 g/mol.